The molecule has 1 aliphatic rings. The monoisotopic (exact) mass is 267 g/mol. The number of rotatable bonds is 3. The SMILES string of the molecule is O=C(O)C1(c2cnccc2-c2ccccc2)CCCC1. The molecule has 1 aliphatic carbocycles. The molecule has 102 valence electrons. The molecular formula is C17H17NO2. The van der Waals surface area contributed by atoms with E-state index >= 15 is 0 Å². The van der Waals surface area contributed by atoms with Gasteiger partial charge in [0.25, 0.3) is 0 Å². The van der Waals surface area contributed by atoms with Gasteiger partial charge in [0.2, 0.25) is 0 Å². The first-order valence-corrected chi connectivity index (χ1v) is 6.97. The number of nitrogens with zero attached hydrogens (tertiary/aromatic N) is 1. The third-order valence-corrected chi connectivity index (χ3v) is 4.29. The number of carboxylic acid groups (broad SMARTS) is 1. The Labute approximate surface area is 118 Å². The summed E-state index contributed by atoms with van der Waals surface area (Å²) in [5.74, 6) is -0.722. The molecule has 0 aliphatic heterocycles. The van der Waals surface area contributed by atoms with Gasteiger partial charge in [-0.3, -0.25) is 9.78 Å². The molecule has 1 aromatic carbocycles. The van der Waals surface area contributed by atoms with Crippen LogP contribution in [0.25, 0.3) is 11.1 Å². The second kappa shape index (κ2) is 5.08. The highest BCUT2D eigenvalue weighted by molar-refractivity contribution is 5.85. The highest BCUT2D eigenvalue weighted by atomic mass is 16.4. The van der Waals surface area contributed by atoms with Crippen LogP contribution in [0.1, 0.15) is 31.2 Å². The second-order valence-corrected chi connectivity index (χ2v) is 5.38. The molecule has 0 bridgehead atoms. The van der Waals surface area contributed by atoms with Crippen LogP contribution in [0.15, 0.2) is 48.8 Å². The summed E-state index contributed by atoms with van der Waals surface area (Å²) in [5.41, 5.74) is 2.14. The van der Waals surface area contributed by atoms with E-state index in [9.17, 15) is 9.90 Å². The minimum absolute atomic E-state index is 0.702. The summed E-state index contributed by atoms with van der Waals surface area (Å²) in [7, 11) is 0. The average molecular weight is 267 g/mol. The lowest BCUT2D eigenvalue weighted by Gasteiger charge is -2.26. The van der Waals surface area contributed by atoms with Gasteiger partial charge in [0.15, 0.2) is 0 Å². The summed E-state index contributed by atoms with van der Waals surface area (Å²) < 4.78 is 0. The molecule has 1 N–H and O–H groups in total. The fraction of sp³-hybridized carbons (Fsp3) is 0.294. The maximum absolute atomic E-state index is 11.9. The largest absolute Gasteiger partial charge is 0.481 e. The van der Waals surface area contributed by atoms with Gasteiger partial charge in [0.05, 0.1) is 5.41 Å². The highest BCUT2D eigenvalue weighted by Gasteiger charge is 2.44. The summed E-state index contributed by atoms with van der Waals surface area (Å²) >= 11 is 0. The predicted octanol–water partition coefficient (Wildman–Crippen LogP) is 3.65. The molecule has 0 saturated heterocycles. The van der Waals surface area contributed by atoms with Crippen LogP contribution in [0.2, 0.25) is 0 Å². The first-order chi connectivity index (χ1) is 9.74. The van der Waals surface area contributed by atoms with Crippen LogP contribution in [-0.4, -0.2) is 16.1 Å². The Morgan fingerprint density at radius 2 is 1.80 bits per heavy atom. The van der Waals surface area contributed by atoms with Crippen molar-refractivity contribution in [2.75, 3.05) is 0 Å². The fourth-order valence-electron chi connectivity index (χ4n) is 3.22. The lowest BCUT2D eigenvalue weighted by molar-refractivity contribution is -0.143. The summed E-state index contributed by atoms with van der Waals surface area (Å²) in [6.07, 6.45) is 6.81. The minimum Gasteiger partial charge on any atom is -0.481 e. The second-order valence-electron chi connectivity index (χ2n) is 5.38. The lowest BCUT2D eigenvalue weighted by Crippen LogP contribution is -2.33. The van der Waals surface area contributed by atoms with Gasteiger partial charge in [0, 0.05) is 12.4 Å². The van der Waals surface area contributed by atoms with Crippen molar-refractivity contribution in [3.05, 3.63) is 54.4 Å². The van der Waals surface area contributed by atoms with E-state index in [0.717, 1.165) is 29.5 Å². The third kappa shape index (κ3) is 1.99. The summed E-state index contributed by atoms with van der Waals surface area (Å²) in [6, 6.07) is 11.9. The molecule has 2 aromatic rings. The maximum atomic E-state index is 11.9. The number of hydrogen-bond donors (Lipinski definition) is 1. The molecule has 20 heavy (non-hydrogen) atoms. The van der Waals surface area contributed by atoms with Gasteiger partial charge in [-0.05, 0) is 35.6 Å². The quantitative estimate of drug-likeness (QED) is 0.923. The zero-order chi connectivity index (χ0) is 14.0. The summed E-state index contributed by atoms with van der Waals surface area (Å²) in [6.45, 7) is 0. The molecule has 3 rings (SSSR count). The predicted molar refractivity (Wildman–Crippen MR) is 77.5 cm³/mol. The molecule has 0 amide bonds. The van der Waals surface area contributed by atoms with Gasteiger partial charge in [-0.25, -0.2) is 0 Å². The van der Waals surface area contributed by atoms with E-state index in [4.69, 9.17) is 0 Å². The molecule has 1 fully saturated rings. The van der Waals surface area contributed by atoms with Crippen LogP contribution in [0, 0.1) is 0 Å². The number of aliphatic carboxylic acids is 1. The van der Waals surface area contributed by atoms with Crippen LogP contribution >= 0.6 is 0 Å². The zero-order valence-electron chi connectivity index (χ0n) is 11.2. The van der Waals surface area contributed by atoms with E-state index in [1.165, 1.54) is 0 Å². The molecule has 3 heteroatoms. The number of pyridine rings is 1. The number of carbonyl (C=O) groups is 1. The van der Waals surface area contributed by atoms with Crippen LogP contribution in [0.5, 0.6) is 0 Å². The number of carboxylic acids is 1. The van der Waals surface area contributed by atoms with Crippen molar-refractivity contribution in [2.24, 2.45) is 0 Å². The Balaban J connectivity index is 2.17. The van der Waals surface area contributed by atoms with Crippen LogP contribution in [0.4, 0.5) is 0 Å². The normalized spacial score (nSPS) is 17.0. The van der Waals surface area contributed by atoms with Crippen molar-refractivity contribution >= 4 is 5.97 Å². The topological polar surface area (TPSA) is 50.2 Å². The molecular weight excluding hydrogens is 250 g/mol. The van der Waals surface area contributed by atoms with Crippen LogP contribution in [0.3, 0.4) is 0 Å². The summed E-state index contributed by atoms with van der Waals surface area (Å²) in [4.78, 5) is 16.1. The number of aromatic nitrogens is 1. The molecule has 1 saturated carbocycles. The minimum atomic E-state index is -0.764. The number of benzene rings is 1. The molecule has 0 atom stereocenters. The van der Waals surface area contributed by atoms with Gasteiger partial charge in [-0.2, -0.15) is 0 Å². The van der Waals surface area contributed by atoms with Gasteiger partial charge in [-0.15, -0.1) is 0 Å². The third-order valence-electron chi connectivity index (χ3n) is 4.29. The lowest BCUT2D eigenvalue weighted by atomic mass is 9.76. The molecule has 0 spiro atoms. The summed E-state index contributed by atoms with van der Waals surface area (Å²) in [5, 5.41) is 9.76. The van der Waals surface area contributed by atoms with E-state index in [0.29, 0.717) is 12.8 Å². The van der Waals surface area contributed by atoms with E-state index in [1.54, 1.807) is 12.4 Å². The van der Waals surface area contributed by atoms with E-state index < -0.39 is 11.4 Å². The molecule has 0 radical (unpaired) electrons. The van der Waals surface area contributed by atoms with E-state index in [1.807, 2.05) is 36.4 Å². The molecule has 3 nitrogen and oxygen atoms in total. The van der Waals surface area contributed by atoms with Gasteiger partial charge in [-0.1, -0.05) is 43.2 Å². The zero-order valence-corrected chi connectivity index (χ0v) is 11.2. The van der Waals surface area contributed by atoms with Gasteiger partial charge < -0.3 is 5.11 Å². The van der Waals surface area contributed by atoms with Crippen LogP contribution < -0.4 is 0 Å². The molecule has 1 aromatic heterocycles. The Morgan fingerprint density at radius 3 is 2.45 bits per heavy atom. The van der Waals surface area contributed by atoms with Crippen LogP contribution in [-0.2, 0) is 10.2 Å². The Morgan fingerprint density at radius 1 is 1.10 bits per heavy atom. The number of hydrogen-bond acceptors (Lipinski definition) is 2. The van der Waals surface area contributed by atoms with Crippen molar-refractivity contribution in [2.45, 2.75) is 31.1 Å². The van der Waals surface area contributed by atoms with Crippen molar-refractivity contribution in [1.29, 1.82) is 0 Å². The maximum Gasteiger partial charge on any atom is 0.314 e. The molecule has 0 unspecified atom stereocenters. The van der Waals surface area contributed by atoms with Crippen molar-refractivity contribution in [3.63, 3.8) is 0 Å². The van der Waals surface area contributed by atoms with Crippen molar-refractivity contribution in [3.8, 4) is 11.1 Å². The Bertz CT molecular complexity index is 616. The van der Waals surface area contributed by atoms with Crippen molar-refractivity contribution < 1.29 is 9.90 Å². The van der Waals surface area contributed by atoms with Gasteiger partial charge in [0.1, 0.15) is 0 Å². The Hall–Kier alpha value is -2.16. The smallest absolute Gasteiger partial charge is 0.314 e. The first kappa shape index (κ1) is 12.9. The van der Waals surface area contributed by atoms with Crippen molar-refractivity contribution in [1.82, 2.24) is 4.98 Å². The van der Waals surface area contributed by atoms with Gasteiger partial charge >= 0.3 is 5.97 Å². The average Bonchev–Trinajstić information content (AvgIpc) is 2.99. The first-order valence-electron chi connectivity index (χ1n) is 6.97. The standard InChI is InChI=1S/C17H17NO2/c19-16(20)17(9-4-5-10-17)15-12-18-11-8-14(15)13-6-2-1-3-7-13/h1-3,6-8,11-12H,4-5,9-10H2,(H,19,20). The molecule has 1 heterocycles. The fourth-order valence-corrected chi connectivity index (χ4v) is 3.22. The van der Waals surface area contributed by atoms with E-state index in [-0.39, 0.29) is 0 Å². The highest BCUT2D eigenvalue weighted by Crippen LogP contribution is 2.44. The van der Waals surface area contributed by atoms with E-state index in [2.05, 4.69) is 4.98 Å². The Kier molecular flexibility index (Phi) is 3.26.